The Hall–Kier alpha value is -1.75. The normalized spacial score (nSPS) is 12.7. The lowest BCUT2D eigenvalue weighted by atomic mass is 10.0. The molecule has 19 heavy (non-hydrogen) atoms. The number of halogens is 2. The molecule has 0 bridgehead atoms. The molecule has 0 saturated carbocycles. The first-order valence-corrected chi connectivity index (χ1v) is 6.25. The van der Waals surface area contributed by atoms with Gasteiger partial charge >= 0.3 is 0 Å². The van der Waals surface area contributed by atoms with E-state index in [9.17, 15) is 8.78 Å². The fraction of sp³-hybridized carbons (Fsp3) is 0.357. The van der Waals surface area contributed by atoms with Crippen LogP contribution in [-0.4, -0.2) is 9.78 Å². The largest absolute Gasteiger partial charge is 0.324 e. The second-order valence-electron chi connectivity index (χ2n) is 4.57. The predicted octanol–water partition coefficient (Wildman–Crippen LogP) is 2.73. The fourth-order valence-electron chi connectivity index (χ4n) is 2.17. The van der Waals surface area contributed by atoms with Crippen LogP contribution in [0.4, 0.5) is 8.78 Å². The van der Waals surface area contributed by atoms with E-state index < -0.39 is 17.7 Å². The third-order valence-electron chi connectivity index (χ3n) is 3.08. The van der Waals surface area contributed by atoms with E-state index in [1.54, 1.807) is 0 Å². The summed E-state index contributed by atoms with van der Waals surface area (Å²) in [5.74, 6) is -1.20. The number of aromatic nitrogens is 2. The fourth-order valence-corrected chi connectivity index (χ4v) is 2.17. The van der Waals surface area contributed by atoms with Crippen LogP contribution in [0.2, 0.25) is 0 Å². The summed E-state index contributed by atoms with van der Waals surface area (Å²) in [5.41, 5.74) is 8.19. The van der Waals surface area contributed by atoms with Gasteiger partial charge in [0.1, 0.15) is 11.6 Å². The van der Waals surface area contributed by atoms with Crippen LogP contribution < -0.4 is 5.73 Å². The minimum Gasteiger partial charge on any atom is -0.324 e. The SMILES string of the molecule is CCn1nc(C)cc1CC(N)c1ccc(F)cc1F. The zero-order valence-electron chi connectivity index (χ0n) is 11.0. The molecule has 1 unspecified atom stereocenters. The van der Waals surface area contributed by atoms with E-state index in [0.717, 1.165) is 24.0 Å². The van der Waals surface area contributed by atoms with Gasteiger partial charge in [0.25, 0.3) is 0 Å². The third kappa shape index (κ3) is 2.98. The Morgan fingerprint density at radius 3 is 2.68 bits per heavy atom. The van der Waals surface area contributed by atoms with Crippen molar-refractivity contribution in [1.82, 2.24) is 9.78 Å². The summed E-state index contributed by atoms with van der Waals surface area (Å²) in [6.07, 6.45) is 0.469. The molecule has 102 valence electrons. The average molecular weight is 265 g/mol. The van der Waals surface area contributed by atoms with Gasteiger partial charge in [-0.15, -0.1) is 0 Å². The second kappa shape index (κ2) is 5.48. The van der Waals surface area contributed by atoms with Gasteiger partial charge in [-0.3, -0.25) is 4.68 Å². The maximum atomic E-state index is 13.6. The van der Waals surface area contributed by atoms with Crippen LogP contribution in [0.15, 0.2) is 24.3 Å². The van der Waals surface area contributed by atoms with Crippen molar-refractivity contribution in [3.05, 3.63) is 52.9 Å². The first-order chi connectivity index (χ1) is 9.01. The summed E-state index contributed by atoms with van der Waals surface area (Å²) in [6.45, 7) is 4.63. The summed E-state index contributed by atoms with van der Waals surface area (Å²) < 4.78 is 28.4. The number of hydrogen-bond donors (Lipinski definition) is 1. The molecule has 0 fully saturated rings. The molecule has 0 radical (unpaired) electrons. The number of benzene rings is 1. The van der Waals surface area contributed by atoms with Gasteiger partial charge in [0.15, 0.2) is 0 Å². The molecule has 5 heteroatoms. The van der Waals surface area contributed by atoms with Crippen LogP contribution in [0.3, 0.4) is 0 Å². The predicted molar refractivity (Wildman–Crippen MR) is 69.6 cm³/mol. The van der Waals surface area contributed by atoms with Crippen LogP contribution in [0.5, 0.6) is 0 Å². The maximum absolute atomic E-state index is 13.6. The van der Waals surface area contributed by atoms with Gasteiger partial charge in [-0.25, -0.2) is 8.78 Å². The standard InChI is InChI=1S/C14H17F2N3/c1-3-19-11(6-9(2)18-19)8-14(17)12-5-4-10(15)7-13(12)16/h4-7,14H,3,8,17H2,1-2H3. The Labute approximate surface area is 111 Å². The van der Waals surface area contributed by atoms with Crippen molar-refractivity contribution in [3.63, 3.8) is 0 Å². The van der Waals surface area contributed by atoms with Gasteiger partial charge < -0.3 is 5.73 Å². The number of aryl methyl sites for hydroxylation is 2. The molecule has 0 aliphatic heterocycles. The molecule has 1 atom stereocenters. The highest BCUT2D eigenvalue weighted by molar-refractivity contribution is 5.24. The monoisotopic (exact) mass is 265 g/mol. The van der Waals surface area contributed by atoms with Gasteiger partial charge in [0.05, 0.1) is 5.69 Å². The Bertz CT molecular complexity index is 578. The van der Waals surface area contributed by atoms with Gasteiger partial charge in [-0.05, 0) is 26.0 Å². The molecule has 2 N–H and O–H groups in total. The van der Waals surface area contributed by atoms with Crippen LogP contribution in [0.1, 0.15) is 29.9 Å². The summed E-state index contributed by atoms with van der Waals surface area (Å²) in [7, 11) is 0. The highest BCUT2D eigenvalue weighted by Crippen LogP contribution is 2.20. The van der Waals surface area contributed by atoms with Gasteiger partial charge in [-0.1, -0.05) is 6.07 Å². The number of nitrogens with two attached hydrogens (primary N) is 1. The molecule has 3 nitrogen and oxygen atoms in total. The highest BCUT2D eigenvalue weighted by Gasteiger charge is 2.15. The number of nitrogens with zero attached hydrogens (tertiary/aromatic N) is 2. The highest BCUT2D eigenvalue weighted by atomic mass is 19.1. The van der Waals surface area contributed by atoms with E-state index >= 15 is 0 Å². The van der Waals surface area contributed by atoms with Gasteiger partial charge in [0.2, 0.25) is 0 Å². The van der Waals surface area contributed by atoms with E-state index in [0.29, 0.717) is 12.0 Å². The molecular formula is C14H17F2N3. The summed E-state index contributed by atoms with van der Waals surface area (Å²) >= 11 is 0. The van der Waals surface area contributed by atoms with Crippen molar-refractivity contribution < 1.29 is 8.78 Å². The zero-order valence-corrected chi connectivity index (χ0v) is 11.0. The minimum atomic E-state index is -0.605. The van der Waals surface area contributed by atoms with Crippen LogP contribution in [0, 0.1) is 18.6 Å². The first kappa shape index (κ1) is 13.7. The average Bonchev–Trinajstić information content (AvgIpc) is 2.69. The van der Waals surface area contributed by atoms with Crippen LogP contribution in [0.25, 0.3) is 0 Å². The molecule has 1 aromatic heterocycles. The maximum Gasteiger partial charge on any atom is 0.130 e. The Morgan fingerprint density at radius 2 is 2.05 bits per heavy atom. The molecule has 0 saturated heterocycles. The smallest absolute Gasteiger partial charge is 0.130 e. The van der Waals surface area contributed by atoms with Crippen molar-refractivity contribution in [1.29, 1.82) is 0 Å². The summed E-state index contributed by atoms with van der Waals surface area (Å²) in [6, 6.07) is 4.90. The molecule has 0 aliphatic carbocycles. The zero-order chi connectivity index (χ0) is 14.0. The Balaban J connectivity index is 2.22. The Kier molecular flexibility index (Phi) is 3.95. The topological polar surface area (TPSA) is 43.8 Å². The Morgan fingerprint density at radius 1 is 1.32 bits per heavy atom. The molecule has 2 rings (SSSR count). The quantitative estimate of drug-likeness (QED) is 0.923. The molecule has 0 aliphatic rings. The van der Waals surface area contributed by atoms with E-state index in [-0.39, 0.29) is 0 Å². The van der Waals surface area contributed by atoms with E-state index in [2.05, 4.69) is 5.10 Å². The number of hydrogen-bond acceptors (Lipinski definition) is 2. The lowest BCUT2D eigenvalue weighted by molar-refractivity contribution is 0.541. The van der Waals surface area contributed by atoms with Crippen molar-refractivity contribution in [3.8, 4) is 0 Å². The number of rotatable bonds is 4. The summed E-state index contributed by atoms with van der Waals surface area (Å²) in [4.78, 5) is 0. The summed E-state index contributed by atoms with van der Waals surface area (Å²) in [5, 5.41) is 4.32. The van der Waals surface area contributed by atoms with E-state index in [1.165, 1.54) is 12.1 Å². The van der Waals surface area contributed by atoms with Crippen LogP contribution in [-0.2, 0) is 13.0 Å². The first-order valence-electron chi connectivity index (χ1n) is 6.25. The lowest BCUT2D eigenvalue weighted by Gasteiger charge is -2.13. The van der Waals surface area contributed by atoms with Gasteiger partial charge in [0, 0.05) is 36.3 Å². The minimum absolute atomic E-state index is 0.322. The van der Waals surface area contributed by atoms with Crippen molar-refractivity contribution >= 4 is 0 Å². The molecule has 2 aromatic rings. The van der Waals surface area contributed by atoms with E-state index in [4.69, 9.17) is 5.73 Å². The molecule has 0 spiro atoms. The molecule has 1 aromatic carbocycles. The van der Waals surface area contributed by atoms with Gasteiger partial charge in [-0.2, -0.15) is 5.10 Å². The van der Waals surface area contributed by atoms with Crippen molar-refractivity contribution in [2.75, 3.05) is 0 Å². The van der Waals surface area contributed by atoms with Crippen molar-refractivity contribution in [2.45, 2.75) is 32.9 Å². The van der Waals surface area contributed by atoms with Crippen molar-refractivity contribution in [2.24, 2.45) is 5.73 Å². The second-order valence-corrected chi connectivity index (χ2v) is 4.57. The van der Waals surface area contributed by atoms with Crippen LogP contribution >= 0.6 is 0 Å². The third-order valence-corrected chi connectivity index (χ3v) is 3.08. The lowest BCUT2D eigenvalue weighted by Crippen LogP contribution is -2.17. The molecular weight excluding hydrogens is 248 g/mol. The molecule has 1 heterocycles. The van der Waals surface area contributed by atoms with E-state index in [1.807, 2.05) is 24.6 Å². The molecule has 0 amide bonds.